The topological polar surface area (TPSA) is 78.9 Å². The fourth-order valence-corrected chi connectivity index (χ4v) is 1.81. The molecular formula is C13H13BrN2O4. The van der Waals surface area contributed by atoms with Gasteiger partial charge in [0, 0.05) is 4.47 Å². The maximum atomic E-state index is 12.0. The number of methoxy groups -OCH3 is 1. The molecule has 7 heteroatoms. The quantitative estimate of drug-likeness (QED) is 0.803. The van der Waals surface area contributed by atoms with E-state index in [4.69, 9.17) is 16.3 Å². The van der Waals surface area contributed by atoms with Gasteiger partial charge in [0.25, 0.3) is 0 Å². The number of hydrogen-bond donors (Lipinski definition) is 2. The van der Waals surface area contributed by atoms with Crippen molar-refractivity contribution in [3.05, 3.63) is 22.7 Å². The van der Waals surface area contributed by atoms with Crippen LogP contribution in [0, 0.1) is 12.3 Å². The van der Waals surface area contributed by atoms with Gasteiger partial charge in [-0.15, -0.1) is 6.42 Å². The summed E-state index contributed by atoms with van der Waals surface area (Å²) >= 11 is 3.28. The van der Waals surface area contributed by atoms with E-state index in [1.807, 2.05) is 0 Å². The predicted octanol–water partition coefficient (Wildman–Crippen LogP) is 2.01. The zero-order chi connectivity index (χ0) is 15.1. The molecule has 6 nitrogen and oxygen atoms in total. The average Bonchev–Trinajstić information content (AvgIpc) is 2.38. The monoisotopic (exact) mass is 340 g/mol. The Bertz CT molecular complexity index is 554. The number of urea groups is 1. The predicted molar refractivity (Wildman–Crippen MR) is 77.8 cm³/mol. The van der Waals surface area contributed by atoms with E-state index in [-0.39, 0.29) is 6.54 Å². The third kappa shape index (κ3) is 4.48. The first-order chi connectivity index (χ1) is 9.47. The maximum absolute atomic E-state index is 12.0. The van der Waals surface area contributed by atoms with Crippen LogP contribution < -0.4 is 10.1 Å². The van der Waals surface area contributed by atoms with E-state index in [0.717, 1.165) is 9.37 Å². The zero-order valence-corrected chi connectivity index (χ0v) is 12.3. The first-order valence-electron chi connectivity index (χ1n) is 5.52. The number of anilines is 1. The highest BCUT2D eigenvalue weighted by molar-refractivity contribution is 9.10. The van der Waals surface area contributed by atoms with Gasteiger partial charge in [-0.1, -0.05) is 21.9 Å². The van der Waals surface area contributed by atoms with E-state index in [0.29, 0.717) is 11.4 Å². The minimum atomic E-state index is -1.14. The number of ether oxygens (including phenoxy) is 1. The van der Waals surface area contributed by atoms with Gasteiger partial charge in [0.15, 0.2) is 0 Å². The van der Waals surface area contributed by atoms with Crippen molar-refractivity contribution in [1.29, 1.82) is 0 Å². The van der Waals surface area contributed by atoms with Crippen LogP contribution >= 0.6 is 15.9 Å². The molecule has 0 aromatic heterocycles. The van der Waals surface area contributed by atoms with Crippen LogP contribution in [0.1, 0.15) is 0 Å². The number of nitrogens with one attached hydrogen (secondary N) is 1. The lowest BCUT2D eigenvalue weighted by molar-refractivity contribution is -0.137. The molecule has 0 heterocycles. The van der Waals surface area contributed by atoms with Crippen molar-refractivity contribution in [2.45, 2.75) is 0 Å². The molecule has 1 rings (SSSR count). The van der Waals surface area contributed by atoms with Crippen LogP contribution in [0.5, 0.6) is 5.75 Å². The summed E-state index contributed by atoms with van der Waals surface area (Å²) < 4.78 is 5.86. The second-order valence-electron chi connectivity index (χ2n) is 3.73. The van der Waals surface area contributed by atoms with Gasteiger partial charge in [-0.3, -0.25) is 4.79 Å². The van der Waals surface area contributed by atoms with Gasteiger partial charge in [-0.25, -0.2) is 4.79 Å². The molecule has 20 heavy (non-hydrogen) atoms. The number of carboxylic acids is 1. The number of carboxylic acid groups (broad SMARTS) is 1. The van der Waals surface area contributed by atoms with Crippen LogP contribution in [0.2, 0.25) is 0 Å². The largest absolute Gasteiger partial charge is 0.495 e. The highest BCUT2D eigenvalue weighted by atomic mass is 79.9. The molecule has 2 N–H and O–H groups in total. The van der Waals surface area contributed by atoms with E-state index in [2.05, 4.69) is 27.2 Å². The Morgan fingerprint density at radius 2 is 2.25 bits per heavy atom. The van der Waals surface area contributed by atoms with Crippen molar-refractivity contribution in [2.24, 2.45) is 0 Å². The molecule has 0 aliphatic heterocycles. The van der Waals surface area contributed by atoms with E-state index in [9.17, 15) is 9.59 Å². The Hall–Kier alpha value is -2.20. The Morgan fingerprint density at radius 1 is 1.55 bits per heavy atom. The Balaban J connectivity index is 2.90. The summed E-state index contributed by atoms with van der Waals surface area (Å²) in [5, 5.41) is 11.3. The van der Waals surface area contributed by atoms with Gasteiger partial charge in [-0.05, 0) is 18.2 Å². The van der Waals surface area contributed by atoms with Gasteiger partial charge >= 0.3 is 12.0 Å². The highest BCUT2D eigenvalue weighted by Gasteiger charge is 2.17. The first-order valence-corrected chi connectivity index (χ1v) is 6.32. The molecule has 0 atom stereocenters. The number of halogens is 1. The number of rotatable bonds is 5. The third-order valence-corrected chi connectivity index (χ3v) is 2.79. The molecule has 0 fully saturated rings. The molecule has 0 aliphatic rings. The van der Waals surface area contributed by atoms with Gasteiger partial charge in [-0.2, -0.15) is 0 Å². The molecule has 106 valence electrons. The standard InChI is InChI=1S/C13H13BrN2O4/c1-3-6-16(8-12(17)18)13(19)15-10-7-9(14)4-5-11(10)20-2/h1,4-5,7H,6,8H2,2H3,(H,15,19)(H,17,18). The third-order valence-electron chi connectivity index (χ3n) is 2.30. The summed E-state index contributed by atoms with van der Waals surface area (Å²) in [6.07, 6.45) is 5.12. The lowest BCUT2D eigenvalue weighted by atomic mass is 10.3. The summed E-state index contributed by atoms with van der Waals surface area (Å²) in [5.74, 6) is 1.56. The van der Waals surface area contributed by atoms with Crippen molar-refractivity contribution in [3.8, 4) is 18.1 Å². The number of carbonyl (C=O) groups excluding carboxylic acids is 1. The van der Waals surface area contributed by atoms with Crippen LogP contribution in [-0.4, -0.2) is 42.2 Å². The van der Waals surface area contributed by atoms with Gasteiger partial charge in [0.05, 0.1) is 19.3 Å². The number of amides is 2. The first kappa shape index (κ1) is 15.9. The second-order valence-corrected chi connectivity index (χ2v) is 4.64. The Morgan fingerprint density at radius 3 is 2.80 bits per heavy atom. The number of aliphatic carboxylic acids is 1. The molecule has 0 saturated carbocycles. The fourth-order valence-electron chi connectivity index (χ4n) is 1.45. The van der Waals surface area contributed by atoms with Gasteiger partial charge < -0.3 is 20.1 Å². The van der Waals surface area contributed by atoms with Crippen LogP contribution in [0.3, 0.4) is 0 Å². The molecule has 0 aliphatic carbocycles. The van der Waals surface area contributed by atoms with Gasteiger partial charge in [0.2, 0.25) is 0 Å². The minimum Gasteiger partial charge on any atom is -0.495 e. The number of carbonyl (C=O) groups is 2. The van der Waals surface area contributed by atoms with E-state index in [1.54, 1.807) is 18.2 Å². The normalized spacial score (nSPS) is 9.45. The molecular weight excluding hydrogens is 328 g/mol. The molecule has 1 aromatic rings. The van der Waals surface area contributed by atoms with Crippen molar-refractivity contribution >= 4 is 33.6 Å². The molecule has 0 spiro atoms. The summed E-state index contributed by atoms with van der Waals surface area (Å²) in [4.78, 5) is 23.7. The molecule has 0 unspecified atom stereocenters. The number of nitrogens with zero attached hydrogens (tertiary/aromatic N) is 1. The van der Waals surface area contributed by atoms with E-state index in [1.165, 1.54) is 7.11 Å². The summed E-state index contributed by atoms with van der Waals surface area (Å²) in [6.45, 7) is -0.583. The molecule has 2 amide bonds. The smallest absolute Gasteiger partial charge is 0.323 e. The number of benzene rings is 1. The summed E-state index contributed by atoms with van der Waals surface area (Å²) in [7, 11) is 1.47. The number of hydrogen-bond acceptors (Lipinski definition) is 3. The van der Waals surface area contributed by atoms with Crippen molar-refractivity contribution in [2.75, 3.05) is 25.5 Å². The highest BCUT2D eigenvalue weighted by Crippen LogP contribution is 2.28. The van der Waals surface area contributed by atoms with Crippen molar-refractivity contribution in [3.63, 3.8) is 0 Å². The number of terminal acetylenes is 1. The van der Waals surface area contributed by atoms with Crippen LogP contribution in [0.15, 0.2) is 22.7 Å². The lowest BCUT2D eigenvalue weighted by Crippen LogP contribution is -2.39. The Kier molecular flexibility index (Phi) is 5.87. The van der Waals surface area contributed by atoms with E-state index >= 15 is 0 Å². The van der Waals surface area contributed by atoms with Gasteiger partial charge in [0.1, 0.15) is 12.3 Å². The molecule has 1 aromatic carbocycles. The lowest BCUT2D eigenvalue weighted by Gasteiger charge is -2.19. The van der Waals surface area contributed by atoms with Crippen LogP contribution in [0.25, 0.3) is 0 Å². The van der Waals surface area contributed by atoms with Crippen LogP contribution in [0.4, 0.5) is 10.5 Å². The second kappa shape index (κ2) is 7.40. The molecule has 0 radical (unpaired) electrons. The van der Waals surface area contributed by atoms with Crippen molar-refractivity contribution < 1.29 is 19.4 Å². The molecule has 0 saturated heterocycles. The Labute approximate surface area is 124 Å². The minimum absolute atomic E-state index is 0.103. The molecule has 0 bridgehead atoms. The zero-order valence-electron chi connectivity index (χ0n) is 10.7. The summed E-state index contributed by atoms with van der Waals surface area (Å²) in [5.41, 5.74) is 0.416. The fraction of sp³-hybridized carbons (Fsp3) is 0.231. The maximum Gasteiger partial charge on any atom is 0.323 e. The SMILES string of the molecule is C#CCN(CC(=O)O)C(=O)Nc1cc(Br)ccc1OC. The average molecular weight is 341 g/mol. The van der Waals surface area contributed by atoms with Crippen molar-refractivity contribution in [1.82, 2.24) is 4.90 Å². The van der Waals surface area contributed by atoms with E-state index < -0.39 is 18.5 Å². The summed E-state index contributed by atoms with van der Waals surface area (Å²) in [6, 6.07) is 4.46. The van der Waals surface area contributed by atoms with Crippen LogP contribution in [-0.2, 0) is 4.79 Å².